The average Bonchev–Trinajstić information content (AvgIpc) is 2.76. The third kappa shape index (κ3) is 3.07. The molecule has 104 valence electrons. The van der Waals surface area contributed by atoms with Crippen LogP contribution in [0.1, 0.15) is 24.7 Å². The Bertz CT molecular complexity index is 556. The van der Waals surface area contributed by atoms with E-state index in [4.69, 9.17) is 5.73 Å². The summed E-state index contributed by atoms with van der Waals surface area (Å²) in [5.74, 6) is 0.981. The lowest BCUT2D eigenvalue weighted by Crippen LogP contribution is -2.16. The number of fused-ring (bicyclic) bond motifs is 1. The quantitative estimate of drug-likeness (QED) is 0.897. The van der Waals surface area contributed by atoms with E-state index in [9.17, 15) is 13.2 Å². The molecule has 0 saturated carbocycles. The van der Waals surface area contributed by atoms with Gasteiger partial charge in [0.1, 0.15) is 5.82 Å². The Hall–Kier alpha value is -1.56. The number of nitrogens with two attached hydrogens (primary N) is 1. The van der Waals surface area contributed by atoms with Gasteiger partial charge in [-0.2, -0.15) is 13.2 Å². The third-order valence-electron chi connectivity index (χ3n) is 3.25. The van der Waals surface area contributed by atoms with Crippen LogP contribution in [0.2, 0.25) is 0 Å². The zero-order valence-corrected chi connectivity index (χ0v) is 10.6. The van der Waals surface area contributed by atoms with Gasteiger partial charge in [-0.15, -0.1) is 0 Å². The summed E-state index contributed by atoms with van der Waals surface area (Å²) in [5, 5.41) is 0. The maximum absolute atomic E-state index is 12.6. The number of nitrogens with zero attached hydrogens (tertiary/aromatic N) is 1. The molecule has 19 heavy (non-hydrogen) atoms. The van der Waals surface area contributed by atoms with Crippen molar-refractivity contribution in [3.63, 3.8) is 0 Å². The highest BCUT2D eigenvalue weighted by molar-refractivity contribution is 5.76. The summed E-state index contributed by atoms with van der Waals surface area (Å²) in [7, 11) is 0. The van der Waals surface area contributed by atoms with Crippen molar-refractivity contribution in [2.75, 3.05) is 6.54 Å². The van der Waals surface area contributed by atoms with Crippen molar-refractivity contribution < 1.29 is 13.2 Å². The van der Waals surface area contributed by atoms with Gasteiger partial charge in [0.05, 0.1) is 16.6 Å². The van der Waals surface area contributed by atoms with Gasteiger partial charge in [0.15, 0.2) is 0 Å². The van der Waals surface area contributed by atoms with Crippen LogP contribution >= 0.6 is 0 Å². The Labute approximate surface area is 109 Å². The van der Waals surface area contributed by atoms with Crippen LogP contribution in [0.5, 0.6) is 0 Å². The zero-order valence-electron chi connectivity index (χ0n) is 10.6. The van der Waals surface area contributed by atoms with E-state index in [1.165, 1.54) is 6.07 Å². The first-order chi connectivity index (χ1) is 8.94. The van der Waals surface area contributed by atoms with Crippen molar-refractivity contribution >= 4 is 11.0 Å². The van der Waals surface area contributed by atoms with Crippen LogP contribution in [0.15, 0.2) is 18.2 Å². The monoisotopic (exact) mass is 271 g/mol. The minimum atomic E-state index is -4.33. The van der Waals surface area contributed by atoms with Crippen molar-refractivity contribution in [1.82, 2.24) is 9.97 Å². The Morgan fingerprint density at radius 2 is 2.11 bits per heavy atom. The second-order valence-corrected chi connectivity index (χ2v) is 4.63. The molecule has 2 rings (SSSR count). The van der Waals surface area contributed by atoms with Gasteiger partial charge in [-0.3, -0.25) is 0 Å². The number of H-pyrrole nitrogens is 1. The van der Waals surface area contributed by atoms with E-state index in [1.54, 1.807) is 0 Å². The molecular weight excluding hydrogens is 255 g/mol. The van der Waals surface area contributed by atoms with Crippen molar-refractivity contribution in [3.05, 3.63) is 29.6 Å². The van der Waals surface area contributed by atoms with Crippen LogP contribution in [0.4, 0.5) is 13.2 Å². The van der Waals surface area contributed by atoms with E-state index in [0.29, 0.717) is 35.7 Å². The lowest BCUT2D eigenvalue weighted by atomic mass is 10.0. The summed E-state index contributed by atoms with van der Waals surface area (Å²) in [6.07, 6.45) is -2.76. The number of imidazole rings is 1. The molecule has 3 N–H and O–H groups in total. The van der Waals surface area contributed by atoms with E-state index in [1.807, 2.05) is 6.92 Å². The summed E-state index contributed by atoms with van der Waals surface area (Å²) in [4.78, 5) is 7.23. The van der Waals surface area contributed by atoms with Gasteiger partial charge in [-0.1, -0.05) is 13.3 Å². The molecule has 0 aliphatic rings. The fourth-order valence-electron chi connectivity index (χ4n) is 2.00. The lowest BCUT2D eigenvalue weighted by molar-refractivity contribution is -0.137. The van der Waals surface area contributed by atoms with E-state index in [2.05, 4.69) is 9.97 Å². The summed E-state index contributed by atoms with van der Waals surface area (Å²) in [5.41, 5.74) is 5.91. The topological polar surface area (TPSA) is 54.7 Å². The molecule has 1 heterocycles. The number of aromatic amines is 1. The Kier molecular flexibility index (Phi) is 3.80. The lowest BCUT2D eigenvalue weighted by Gasteiger charge is -2.08. The molecule has 0 saturated heterocycles. The Balaban J connectivity index is 2.30. The molecule has 2 aromatic rings. The first-order valence-electron chi connectivity index (χ1n) is 6.20. The number of hydrogen-bond acceptors (Lipinski definition) is 2. The third-order valence-corrected chi connectivity index (χ3v) is 3.25. The predicted octanol–water partition coefficient (Wildman–Crippen LogP) is 3.11. The van der Waals surface area contributed by atoms with E-state index >= 15 is 0 Å². The summed E-state index contributed by atoms with van der Waals surface area (Å²) in [6.45, 7) is 2.57. The minimum Gasteiger partial charge on any atom is -0.342 e. The SMILES string of the molecule is CCC(CN)Cc1nc2ccc(C(F)(F)F)cc2[nH]1. The number of rotatable bonds is 4. The molecule has 1 aromatic carbocycles. The van der Waals surface area contributed by atoms with Crippen LogP contribution in [0.25, 0.3) is 11.0 Å². The number of hydrogen-bond donors (Lipinski definition) is 2. The maximum atomic E-state index is 12.6. The number of benzene rings is 1. The van der Waals surface area contributed by atoms with Crippen molar-refractivity contribution in [3.8, 4) is 0 Å². The fourth-order valence-corrected chi connectivity index (χ4v) is 2.00. The molecular formula is C13H16F3N3. The molecule has 0 aliphatic carbocycles. The number of halogens is 3. The minimum absolute atomic E-state index is 0.294. The normalized spacial score (nSPS) is 13.9. The molecule has 1 unspecified atom stereocenters. The predicted molar refractivity (Wildman–Crippen MR) is 67.6 cm³/mol. The molecule has 3 nitrogen and oxygen atoms in total. The zero-order chi connectivity index (χ0) is 14.0. The Morgan fingerprint density at radius 3 is 2.68 bits per heavy atom. The maximum Gasteiger partial charge on any atom is 0.416 e. The average molecular weight is 271 g/mol. The van der Waals surface area contributed by atoms with Gasteiger partial charge >= 0.3 is 6.18 Å². The van der Waals surface area contributed by atoms with Crippen LogP contribution in [0.3, 0.4) is 0 Å². The smallest absolute Gasteiger partial charge is 0.342 e. The van der Waals surface area contributed by atoms with Crippen molar-refractivity contribution in [2.24, 2.45) is 11.7 Å². The number of aromatic nitrogens is 2. The molecule has 0 amide bonds. The molecule has 0 bridgehead atoms. The van der Waals surface area contributed by atoms with Crippen LogP contribution in [-0.4, -0.2) is 16.5 Å². The first kappa shape index (κ1) is 13.9. The highest BCUT2D eigenvalue weighted by Gasteiger charge is 2.30. The van der Waals surface area contributed by atoms with Gasteiger partial charge in [0.2, 0.25) is 0 Å². The first-order valence-corrected chi connectivity index (χ1v) is 6.20. The van der Waals surface area contributed by atoms with Gasteiger partial charge in [-0.05, 0) is 30.7 Å². The number of alkyl halides is 3. The van der Waals surface area contributed by atoms with Crippen LogP contribution in [-0.2, 0) is 12.6 Å². The van der Waals surface area contributed by atoms with E-state index in [0.717, 1.165) is 18.6 Å². The Morgan fingerprint density at radius 1 is 1.37 bits per heavy atom. The van der Waals surface area contributed by atoms with Crippen molar-refractivity contribution in [1.29, 1.82) is 0 Å². The van der Waals surface area contributed by atoms with Crippen LogP contribution < -0.4 is 5.73 Å². The molecule has 1 aromatic heterocycles. The largest absolute Gasteiger partial charge is 0.416 e. The van der Waals surface area contributed by atoms with Crippen molar-refractivity contribution in [2.45, 2.75) is 25.9 Å². The second kappa shape index (κ2) is 5.21. The van der Waals surface area contributed by atoms with E-state index in [-0.39, 0.29) is 0 Å². The summed E-state index contributed by atoms with van der Waals surface area (Å²) in [6, 6.07) is 3.53. The summed E-state index contributed by atoms with van der Waals surface area (Å²) < 4.78 is 37.8. The molecule has 1 atom stereocenters. The highest BCUT2D eigenvalue weighted by Crippen LogP contribution is 2.31. The molecule has 0 aliphatic heterocycles. The van der Waals surface area contributed by atoms with Gasteiger partial charge in [0, 0.05) is 6.42 Å². The standard InChI is InChI=1S/C13H16F3N3/c1-2-8(7-17)5-12-18-10-4-3-9(13(14,15)16)6-11(10)19-12/h3-4,6,8H,2,5,7,17H2,1H3,(H,18,19). The molecule has 0 fully saturated rings. The molecule has 6 heteroatoms. The van der Waals surface area contributed by atoms with Gasteiger partial charge < -0.3 is 10.7 Å². The van der Waals surface area contributed by atoms with E-state index < -0.39 is 11.7 Å². The second-order valence-electron chi connectivity index (χ2n) is 4.63. The molecule has 0 radical (unpaired) electrons. The van der Waals surface area contributed by atoms with Crippen LogP contribution in [0, 0.1) is 5.92 Å². The van der Waals surface area contributed by atoms with Gasteiger partial charge in [-0.25, -0.2) is 4.98 Å². The highest BCUT2D eigenvalue weighted by atomic mass is 19.4. The summed E-state index contributed by atoms with van der Waals surface area (Å²) >= 11 is 0. The number of nitrogens with one attached hydrogen (secondary N) is 1. The fraction of sp³-hybridized carbons (Fsp3) is 0.462. The van der Waals surface area contributed by atoms with Gasteiger partial charge in [0.25, 0.3) is 0 Å². The molecule has 0 spiro atoms.